The average Bonchev–Trinajstić information content (AvgIpc) is 3.02. The van der Waals surface area contributed by atoms with Crippen molar-refractivity contribution in [1.29, 1.82) is 0 Å². The van der Waals surface area contributed by atoms with Gasteiger partial charge >= 0.3 is 6.09 Å². The normalized spacial score (nSPS) is 14.0. The van der Waals surface area contributed by atoms with E-state index in [-0.39, 0.29) is 48.1 Å². The van der Waals surface area contributed by atoms with Gasteiger partial charge in [0, 0.05) is 19.2 Å². The molecule has 0 radical (unpaired) electrons. The van der Waals surface area contributed by atoms with Gasteiger partial charge in [-0.05, 0) is 74.4 Å². The number of carbonyl (C=O) groups is 1. The summed E-state index contributed by atoms with van der Waals surface area (Å²) in [7, 11) is 0. The van der Waals surface area contributed by atoms with Crippen LogP contribution in [0.4, 0.5) is 13.6 Å². The van der Waals surface area contributed by atoms with E-state index in [9.17, 15) is 4.79 Å². The first-order chi connectivity index (χ1) is 21.6. The molecule has 1 fully saturated rings. The van der Waals surface area contributed by atoms with Crippen molar-refractivity contribution in [2.75, 3.05) is 13.1 Å². The highest BCUT2D eigenvalue weighted by Crippen LogP contribution is 2.36. The number of hydrogen-bond acceptors (Lipinski definition) is 5. The molecule has 5 rings (SSSR count). The van der Waals surface area contributed by atoms with E-state index in [2.05, 4.69) is 4.98 Å². The maximum Gasteiger partial charge on any atom is 0.410 e. The SMILES string of the molecule is CC(C)(C)OC(=O)N1CCC(/C=C/c2cc(F)c(-c3ccc(OCc4ccccc4)nc3OCc3ccccc3)c(F)c2)CC1. The van der Waals surface area contributed by atoms with Crippen LogP contribution in [0.2, 0.25) is 0 Å². The van der Waals surface area contributed by atoms with Crippen molar-refractivity contribution in [1.82, 2.24) is 9.88 Å². The number of amides is 1. The summed E-state index contributed by atoms with van der Waals surface area (Å²) in [5, 5.41) is 0. The van der Waals surface area contributed by atoms with Crippen LogP contribution in [-0.4, -0.2) is 34.7 Å². The molecule has 8 heteroatoms. The Bertz CT molecular complexity index is 1590. The minimum absolute atomic E-state index is 0.0715. The molecule has 0 aliphatic carbocycles. The first-order valence-corrected chi connectivity index (χ1v) is 15.1. The van der Waals surface area contributed by atoms with Gasteiger partial charge < -0.3 is 19.1 Å². The van der Waals surface area contributed by atoms with Crippen molar-refractivity contribution >= 4 is 12.2 Å². The molecule has 4 aromatic rings. The Labute approximate surface area is 263 Å². The Morgan fingerprint density at radius 2 is 1.44 bits per heavy atom. The smallest absolute Gasteiger partial charge is 0.410 e. The lowest BCUT2D eigenvalue weighted by molar-refractivity contribution is 0.0197. The molecule has 0 saturated carbocycles. The highest BCUT2D eigenvalue weighted by atomic mass is 19.1. The van der Waals surface area contributed by atoms with Gasteiger partial charge in [-0.3, -0.25) is 0 Å². The molecule has 0 bridgehead atoms. The molecule has 0 atom stereocenters. The maximum atomic E-state index is 15.6. The molecular formula is C37H38F2N2O4. The lowest BCUT2D eigenvalue weighted by Crippen LogP contribution is -2.41. The molecule has 1 amide bonds. The summed E-state index contributed by atoms with van der Waals surface area (Å²) in [6, 6.07) is 24.9. The standard InChI is InChI=1S/C37H38F2N2O4/c1-37(2,3)45-36(42)41-20-18-26(19-21-41)14-15-29-22-31(38)34(32(39)23-29)30-16-17-33(43-24-27-10-6-4-7-11-27)40-35(30)44-25-28-12-8-5-9-13-28/h4-17,22-23,26H,18-21,24-25H2,1-3H3/b15-14+. The monoisotopic (exact) mass is 612 g/mol. The van der Waals surface area contributed by atoms with Crippen LogP contribution in [0.25, 0.3) is 17.2 Å². The number of benzene rings is 3. The van der Waals surface area contributed by atoms with Crippen LogP contribution in [0.1, 0.15) is 50.3 Å². The average molecular weight is 613 g/mol. The quantitative estimate of drug-likeness (QED) is 0.189. The molecule has 1 saturated heterocycles. The van der Waals surface area contributed by atoms with Gasteiger partial charge in [0.1, 0.15) is 30.4 Å². The van der Waals surface area contributed by atoms with Crippen LogP contribution in [0.3, 0.4) is 0 Å². The molecule has 2 heterocycles. The van der Waals surface area contributed by atoms with E-state index >= 15 is 8.78 Å². The molecule has 6 nitrogen and oxygen atoms in total. The number of hydrogen-bond donors (Lipinski definition) is 0. The van der Waals surface area contributed by atoms with E-state index in [0.29, 0.717) is 18.7 Å². The summed E-state index contributed by atoms with van der Waals surface area (Å²) in [4.78, 5) is 18.5. The zero-order chi connectivity index (χ0) is 31.8. The third kappa shape index (κ3) is 8.91. The van der Waals surface area contributed by atoms with Gasteiger partial charge in [-0.25, -0.2) is 13.6 Å². The van der Waals surface area contributed by atoms with Crippen LogP contribution < -0.4 is 9.47 Å². The molecular weight excluding hydrogens is 574 g/mol. The van der Waals surface area contributed by atoms with Gasteiger partial charge in [0.05, 0.1) is 11.1 Å². The Hall–Kier alpha value is -4.72. The fraction of sp³-hybridized carbons (Fsp3) is 0.297. The van der Waals surface area contributed by atoms with E-state index in [1.165, 1.54) is 12.1 Å². The fourth-order valence-corrected chi connectivity index (χ4v) is 5.06. The minimum atomic E-state index is -0.723. The van der Waals surface area contributed by atoms with E-state index in [0.717, 1.165) is 24.0 Å². The van der Waals surface area contributed by atoms with Gasteiger partial charge in [-0.2, -0.15) is 4.98 Å². The van der Waals surface area contributed by atoms with Gasteiger partial charge in [-0.1, -0.05) is 72.8 Å². The molecule has 45 heavy (non-hydrogen) atoms. The second-order valence-electron chi connectivity index (χ2n) is 12.1. The van der Waals surface area contributed by atoms with E-state index < -0.39 is 17.2 Å². The van der Waals surface area contributed by atoms with Gasteiger partial charge in [0.25, 0.3) is 0 Å². The summed E-state index contributed by atoms with van der Waals surface area (Å²) in [5.74, 6) is -0.913. The van der Waals surface area contributed by atoms with Gasteiger partial charge in [-0.15, -0.1) is 0 Å². The fourth-order valence-electron chi connectivity index (χ4n) is 5.06. The van der Waals surface area contributed by atoms with Crippen molar-refractivity contribution < 1.29 is 27.8 Å². The number of ether oxygens (including phenoxy) is 3. The van der Waals surface area contributed by atoms with E-state index in [1.807, 2.05) is 87.5 Å². The Morgan fingerprint density at radius 3 is 2.02 bits per heavy atom. The number of carbonyl (C=O) groups excluding carboxylic acids is 1. The number of aromatic nitrogens is 1. The van der Waals surface area contributed by atoms with E-state index in [4.69, 9.17) is 14.2 Å². The second-order valence-corrected chi connectivity index (χ2v) is 12.1. The molecule has 1 aliphatic rings. The van der Waals surface area contributed by atoms with Crippen molar-refractivity contribution in [3.05, 3.63) is 119 Å². The van der Waals surface area contributed by atoms with Gasteiger partial charge in [0.2, 0.25) is 11.8 Å². The molecule has 0 unspecified atom stereocenters. The third-order valence-corrected chi connectivity index (χ3v) is 7.37. The molecule has 0 N–H and O–H groups in total. The van der Waals surface area contributed by atoms with Crippen molar-refractivity contribution in [3.8, 4) is 22.9 Å². The predicted octanol–water partition coefficient (Wildman–Crippen LogP) is 8.85. The summed E-state index contributed by atoms with van der Waals surface area (Å²) in [6.07, 6.45) is 4.85. The highest BCUT2D eigenvalue weighted by molar-refractivity contribution is 5.72. The number of rotatable bonds is 9. The number of pyridine rings is 1. The van der Waals surface area contributed by atoms with E-state index in [1.54, 1.807) is 23.1 Å². The lowest BCUT2D eigenvalue weighted by Gasteiger charge is -2.32. The number of piperidine rings is 1. The molecule has 3 aromatic carbocycles. The van der Waals surface area contributed by atoms with Crippen LogP contribution in [0.15, 0.2) is 91.0 Å². The summed E-state index contributed by atoms with van der Waals surface area (Å²) in [6.45, 7) is 7.11. The van der Waals surface area contributed by atoms with Crippen LogP contribution in [0, 0.1) is 17.6 Å². The number of halogens is 2. The lowest BCUT2D eigenvalue weighted by atomic mass is 9.95. The molecule has 1 aliphatic heterocycles. The Kier molecular flexibility index (Phi) is 10.1. The largest absolute Gasteiger partial charge is 0.473 e. The highest BCUT2D eigenvalue weighted by Gasteiger charge is 2.26. The van der Waals surface area contributed by atoms with Gasteiger partial charge in [0.15, 0.2) is 0 Å². The summed E-state index contributed by atoms with van der Waals surface area (Å²) >= 11 is 0. The third-order valence-electron chi connectivity index (χ3n) is 7.37. The number of allylic oxidation sites excluding steroid dienone is 1. The number of likely N-dealkylation sites (tertiary alicyclic amines) is 1. The molecule has 1 aromatic heterocycles. The molecule has 234 valence electrons. The van der Waals surface area contributed by atoms with Crippen molar-refractivity contribution in [2.45, 2.75) is 52.4 Å². The predicted molar refractivity (Wildman–Crippen MR) is 171 cm³/mol. The summed E-state index contributed by atoms with van der Waals surface area (Å²) in [5.41, 5.74) is 1.69. The Balaban J connectivity index is 1.31. The zero-order valence-corrected chi connectivity index (χ0v) is 25.8. The first kappa shape index (κ1) is 31.7. The second kappa shape index (κ2) is 14.4. The van der Waals surface area contributed by atoms with Crippen LogP contribution in [-0.2, 0) is 18.0 Å². The molecule has 0 spiro atoms. The minimum Gasteiger partial charge on any atom is -0.473 e. The first-order valence-electron chi connectivity index (χ1n) is 15.1. The Morgan fingerprint density at radius 1 is 0.867 bits per heavy atom. The van der Waals surface area contributed by atoms with Crippen molar-refractivity contribution in [3.63, 3.8) is 0 Å². The topological polar surface area (TPSA) is 60.9 Å². The number of nitrogens with zero attached hydrogens (tertiary/aromatic N) is 2. The zero-order valence-electron chi connectivity index (χ0n) is 25.8. The maximum absolute atomic E-state index is 15.6. The van der Waals surface area contributed by atoms with Crippen molar-refractivity contribution in [2.24, 2.45) is 5.92 Å². The summed E-state index contributed by atoms with van der Waals surface area (Å²) < 4.78 is 48.6. The van der Waals surface area contributed by atoms with Crippen LogP contribution in [0.5, 0.6) is 11.8 Å². The van der Waals surface area contributed by atoms with Crippen LogP contribution >= 0.6 is 0 Å².